The van der Waals surface area contributed by atoms with Crippen molar-refractivity contribution in [3.05, 3.63) is 24.7 Å². The summed E-state index contributed by atoms with van der Waals surface area (Å²) in [6.45, 7) is 6.92. The monoisotopic (exact) mass is 196 g/mol. The Bertz CT molecular complexity index is 232. The standard InChI is InChI=1S/2C5H6O2/c2*1-4-2-3-5(6)7-4/h2*1-3H2. The molecular weight excluding hydrogens is 184 g/mol. The molecule has 2 aliphatic rings. The van der Waals surface area contributed by atoms with Gasteiger partial charge >= 0.3 is 11.9 Å². The number of carbonyl (C=O) groups excluding carboxylic acids is 2. The van der Waals surface area contributed by atoms with Crippen LogP contribution < -0.4 is 0 Å². The number of esters is 2. The van der Waals surface area contributed by atoms with Gasteiger partial charge < -0.3 is 9.47 Å². The van der Waals surface area contributed by atoms with Crippen molar-refractivity contribution in [2.75, 3.05) is 0 Å². The Balaban J connectivity index is 0.000000140. The summed E-state index contributed by atoms with van der Waals surface area (Å²) in [4.78, 5) is 20.3. The van der Waals surface area contributed by atoms with Crippen molar-refractivity contribution in [2.45, 2.75) is 25.7 Å². The average Bonchev–Trinajstić information content (AvgIpc) is 2.63. The molecule has 0 aromatic rings. The molecular formula is C10H12O4. The first-order valence-electron chi connectivity index (χ1n) is 4.35. The minimum absolute atomic E-state index is 0.148. The highest BCUT2D eigenvalue weighted by Crippen LogP contribution is 2.14. The summed E-state index contributed by atoms with van der Waals surface area (Å²) in [5.41, 5.74) is 0. The van der Waals surface area contributed by atoms with Crippen molar-refractivity contribution >= 4 is 11.9 Å². The Morgan fingerprint density at radius 3 is 1.21 bits per heavy atom. The van der Waals surface area contributed by atoms with E-state index in [0.29, 0.717) is 37.2 Å². The molecule has 2 saturated heterocycles. The van der Waals surface area contributed by atoms with Crippen LogP contribution in [0.15, 0.2) is 24.7 Å². The van der Waals surface area contributed by atoms with Gasteiger partial charge in [0.25, 0.3) is 0 Å². The van der Waals surface area contributed by atoms with Crippen LogP contribution in [0.4, 0.5) is 0 Å². The molecule has 4 nitrogen and oxygen atoms in total. The zero-order valence-electron chi connectivity index (χ0n) is 7.88. The van der Waals surface area contributed by atoms with E-state index in [0.717, 1.165) is 0 Å². The second kappa shape index (κ2) is 4.60. The van der Waals surface area contributed by atoms with Crippen molar-refractivity contribution in [1.29, 1.82) is 0 Å². The quantitative estimate of drug-likeness (QED) is 0.553. The highest BCUT2D eigenvalue weighted by atomic mass is 16.5. The molecule has 0 radical (unpaired) electrons. The normalized spacial score (nSPS) is 20.0. The number of hydrogen-bond donors (Lipinski definition) is 0. The maximum absolute atomic E-state index is 10.2. The Morgan fingerprint density at radius 1 is 0.786 bits per heavy atom. The van der Waals surface area contributed by atoms with Crippen LogP contribution in [-0.2, 0) is 19.1 Å². The van der Waals surface area contributed by atoms with Gasteiger partial charge in [0.15, 0.2) is 0 Å². The minimum atomic E-state index is -0.148. The zero-order valence-corrected chi connectivity index (χ0v) is 7.88. The number of allylic oxidation sites excluding steroid dienone is 2. The van der Waals surface area contributed by atoms with Gasteiger partial charge in [-0.15, -0.1) is 0 Å². The van der Waals surface area contributed by atoms with Crippen molar-refractivity contribution in [2.24, 2.45) is 0 Å². The second-order valence-electron chi connectivity index (χ2n) is 3.03. The highest BCUT2D eigenvalue weighted by Gasteiger charge is 2.14. The van der Waals surface area contributed by atoms with Gasteiger partial charge in [0.05, 0.1) is 12.8 Å². The molecule has 2 aliphatic heterocycles. The van der Waals surface area contributed by atoms with Crippen LogP contribution in [0.25, 0.3) is 0 Å². The molecule has 76 valence electrons. The summed E-state index contributed by atoms with van der Waals surface area (Å²) in [5, 5.41) is 0. The van der Waals surface area contributed by atoms with Gasteiger partial charge in [0.1, 0.15) is 11.5 Å². The molecule has 0 aromatic carbocycles. The number of carbonyl (C=O) groups is 2. The van der Waals surface area contributed by atoms with E-state index < -0.39 is 0 Å². The summed E-state index contributed by atoms with van der Waals surface area (Å²) < 4.78 is 9.06. The van der Waals surface area contributed by atoms with Crippen LogP contribution in [0, 0.1) is 0 Å². The molecule has 0 spiro atoms. The Kier molecular flexibility index (Phi) is 3.45. The van der Waals surface area contributed by atoms with Gasteiger partial charge in [-0.2, -0.15) is 0 Å². The van der Waals surface area contributed by atoms with Crippen molar-refractivity contribution in [1.82, 2.24) is 0 Å². The lowest BCUT2D eigenvalue weighted by Gasteiger charge is -1.85. The van der Waals surface area contributed by atoms with Crippen LogP contribution in [-0.4, -0.2) is 11.9 Å². The van der Waals surface area contributed by atoms with Crippen LogP contribution in [0.1, 0.15) is 25.7 Å². The minimum Gasteiger partial charge on any atom is -0.432 e. The molecule has 0 bridgehead atoms. The van der Waals surface area contributed by atoms with E-state index in [9.17, 15) is 9.59 Å². The fourth-order valence-electron chi connectivity index (χ4n) is 1.01. The second-order valence-corrected chi connectivity index (χ2v) is 3.03. The largest absolute Gasteiger partial charge is 0.432 e. The third-order valence-corrected chi connectivity index (χ3v) is 1.73. The number of ether oxygens (including phenoxy) is 2. The third kappa shape index (κ3) is 3.43. The van der Waals surface area contributed by atoms with Crippen molar-refractivity contribution in [3.8, 4) is 0 Å². The van der Waals surface area contributed by atoms with Crippen LogP contribution >= 0.6 is 0 Å². The first-order valence-corrected chi connectivity index (χ1v) is 4.35. The SMILES string of the molecule is C=C1CCC(=O)O1.C=C1CCC(=O)O1. The molecule has 0 atom stereocenters. The molecule has 2 heterocycles. The lowest BCUT2D eigenvalue weighted by molar-refractivity contribution is -0.136. The van der Waals surface area contributed by atoms with Gasteiger partial charge in [0, 0.05) is 12.8 Å². The molecule has 0 aliphatic carbocycles. The summed E-state index contributed by atoms with van der Waals surface area (Å²) >= 11 is 0. The fourth-order valence-corrected chi connectivity index (χ4v) is 1.01. The van der Waals surface area contributed by atoms with Crippen LogP contribution in [0.2, 0.25) is 0 Å². The lowest BCUT2D eigenvalue weighted by Crippen LogP contribution is -1.87. The molecule has 4 heteroatoms. The van der Waals surface area contributed by atoms with Gasteiger partial charge in [-0.25, -0.2) is 0 Å². The fraction of sp³-hybridized carbons (Fsp3) is 0.400. The maximum Gasteiger partial charge on any atom is 0.311 e. The summed E-state index contributed by atoms with van der Waals surface area (Å²) in [5.74, 6) is 0.907. The van der Waals surface area contributed by atoms with Gasteiger partial charge in [-0.3, -0.25) is 9.59 Å². The lowest BCUT2D eigenvalue weighted by atomic mass is 10.3. The van der Waals surface area contributed by atoms with E-state index in [1.54, 1.807) is 0 Å². The predicted octanol–water partition coefficient (Wildman–Crippen LogP) is 1.67. The summed E-state index contributed by atoms with van der Waals surface area (Å²) in [6, 6.07) is 0. The predicted molar refractivity (Wildman–Crippen MR) is 48.9 cm³/mol. The van der Waals surface area contributed by atoms with E-state index in [2.05, 4.69) is 22.6 Å². The van der Waals surface area contributed by atoms with Crippen molar-refractivity contribution < 1.29 is 19.1 Å². The maximum atomic E-state index is 10.2. The number of cyclic esters (lactones) is 2. The highest BCUT2D eigenvalue weighted by molar-refractivity contribution is 5.73. The molecule has 0 unspecified atom stereocenters. The Labute approximate surface area is 82.2 Å². The van der Waals surface area contributed by atoms with E-state index in [1.165, 1.54) is 0 Å². The molecule has 14 heavy (non-hydrogen) atoms. The number of rotatable bonds is 0. The van der Waals surface area contributed by atoms with Gasteiger partial charge in [0.2, 0.25) is 0 Å². The third-order valence-electron chi connectivity index (χ3n) is 1.73. The van der Waals surface area contributed by atoms with E-state index >= 15 is 0 Å². The molecule has 2 fully saturated rings. The average molecular weight is 196 g/mol. The topological polar surface area (TPSA) is 52.6 Å². The summed E-state index contributed by atoms with van der Waals surface area (Å²) in [7, 11) is 0. The van der Waals surface area contributed by atoms with Crippen LogP contribution in [0.3, 0.4) is 0 Å². The molecule has 2 rings (SSSR count). The smallest absolute Gasteiger partial charge is 0.311 e. The molecule has 0 N–H and O–H groups in total. The van der Waals surface area contributed by atoms with Gasteiger partial charge in [-0.1, -0.05) is 13.2 Å². The zero-order chi connectivity index (χ0) is 10.6. The number of hydrogen-bond acceptors (Lipinski definition) is 4. The summed E-state index contributed by atoms with van der Waals surface area (Å²) in [6.07, 6.45) is 2.44. The Hall–Kier alpha value is -1.58. The molecule has 0 amide bonds. The first kappa shape index (κ1) is 10.5. The first-order chi connectivity index (χ1) is 6.58. The molecule has 0 saturated carbocycles. The van der Waals surface area contributed by atoms with Crippen molar-refractivity contribution in [3.63, 3.8) is 0 Å². The van der Waals surface area contributed by atoms with E-state index in [1.807, 2.05) is 0 Å². The van der Waals surface area contributed by atoms with Crippen LogP contribution in [0.5, 0.6) is 0 Å². The van der Waals surface area contributed by atoms with E-state index in [-0.39, 0.29) is 11.9 Å². The van der Waals surface area contributed by atoms with Gasteiger partial charge in [-0.05, 0) is 0 Å². The Morgan fingerprint density at radius 2 is 1.14 bits per heavy atom. The van der Waals surface area contributed by atoms with E-state index in [4.69, 9.17) is 0 Å². The molecule has 0 aromatic heterocycles.